The number of rotatable bonds is 7. The number of nitrogens with zero attached hydrogens (tertiary/aromatic N) is 3. The lowest BCUT2D eigenvalue weighted by molar-refractivity contribution is -0.139. The largest absolute Gasteiger partial charge is 0.463 e. The third-order valence-corrected chi connectivity index (χ3v) is 6.58. The van der Waals surface area contributed by atoms with Crippen molar-refractivity contribution in [2.24, 2.45) is 0 Å². The first kappa shape index (κ1) is 29.3. The number of hydrogen-bond donors (Lipinski definition) is 2. The third kappa shape index (κ3) is 6.58. The van der Waals surface area contributed by atoms with Gasteiger partial charge in [-0.15, -0.1) is 0 Å². The molecule has 1 aromatic carbocycles. The van der Waals surface area contributed by atoms with Gasteiger partial charge in [0.15, 0.2) is 0 Å². The number of urea groups is 2. The third-order valence-electron chi connectivity index (χ3n) is 6.58. The van der Waals surface area contributed by atoms with Gasteiger partial charge in [0, 0.05) is 50.5 Å². The molecule has 2 N–H and O–H groups in total. The summed E-state index contributed by atoms with van der Waals surface area (Å²) in [7, 11) is 0. The van der Waals surface area contributed by atoms with Crippen molar-refractivity contribution in [2.75, 3.05) is 39.3 Å². The first-order valence-corrected chi connectivity index (χ1v) is 12.8. The number of esters is 1. The van der Waals surface area contributed by atoms with E-state index in [-0.39, 0.29) is 43.4 Å². The van der Waals surface area contributed by atoms with Gasteiger partial charge in [-0.1, -0.05) is 12.1 Å². The Bertz CT molecular complexity index is 1060. The minimum atomic E-state index is -4.51. The van der Waals surface area contributed by atoms with Crippen LogP contribution in [0.25, 0.3) is 0 Å². The van der Waals surface area contributed by atoms with Crippen LogP contribution in [0.4, 0.5) is 22.8 Å². The van der Waals surface area contributed by atoms with Gasteiger partial charge < -0.3 is 20.3 Å². The number of hydrogen-bond acceptors (Lipinski definition) is 5. The SMILES string of the molecule is CCOC(=O)C1=C(CN2CCN(C(=O)NC(C)C)[C@H](C)C2)N(CC)C(=O)N[C@@H]1c1ccc(C(F)(F)F)cc1. The van der Waals surface area contributed by atoms with Crippen LogP contribution in [0.5, 0.6) is 0 Å². The molecule has 2 heterocycles. The number of nitrogens with one attached hydrogen (secondary N) is 2. The molecule has 2 aliphatic heterocycles. The van der Waals surface area contributed by atoms with E-state index in [0.717, 1.165) is 12.1 Å². The molecule has 0 radical (unpaired) electrons. The highest BCUT2D eigenvalue weighted by atomic mass is 19.4. The van der Waals surface area contributed by atoms with Gasteiger partial charge in [0.25, 0.3) is 0 Å². The highest BCUT2D eigenvalue weighted by Gasteiger charge is 2.40. The highest BCUT2D eigenvalue weighted by Crippen LogP contribution is 2.35. The van der Waals surface area contributed by atoms with Crippen LogP contribution in [0, 0.1) is 0 Å². The first-order chi connectivity index (χ1) is 17.9. The zero-order valence-corrected chi connectivity index (χ0v) is 22.4. The fourth-order valence-corrected chi connectivity index (χ4v) is 4.79. The van der Waals surface area contributed by atoms with Gasteiger partial charge in [-0.05, 0) is 52.3 Å². The summed E-state index contributed by atoms with van der Waals surface area (Å²) < 4.78 is 44.7. The van der Waals surface area contributed by atoms with Crippen LogP contribution in [-0.4, -0.2) is 84.1 Å². The molecule has 2 aliphatic rings. The lowest BCUT2D eigenvalue weighted by Gasteiger charge is -2.43. The second-order valence-corrected chi connectivity index (χ2v) is 9.71. The molecule has 12 heteroatoms. The van der Waals surface area contributed by atoms with Crippen LogP contribution >= 0.6 is 0 Å². The number of ether oxygens (including phenoxy) is 1. The monoisotopic (exact) mass is 539 g/mol. The van der Waals surface area contributed by atoms with E-state index in [4.69, 9.17) is 4.74 Å². The molecular weight excluding hydrogens is 503 g/mol. The fourth-order valence-electron chi connectivity index (χ4n) is 4.79. The lowest BCUT2D eigenvalue weighted by Crippen LogP contribution is -2.58. The normalized spacial score (nSPS) is 21.0. The molecule has 38 heavy (non-hydrogen) atoms. The number of halogens is 3. The Morgan fingerprint density at radius 1 is 1.16 bits per heavy atom. The average molecular weight is 540 g/mol. The quantitative estimate of drug-likeness (QED) is 0.515. The second-order valence-electron chi connectivity index (χ2n) is 9.71. The predicted molar refractivity (Wildman–Crippen MR) is 135 cm³/mol. The van der Waals surface area contributed by atoms with Gasteiger partial charge in [-0.25, -0.2) is 14.4 Å². The summed E-state index contributed by atoms with van der Waals surface area (Å²) >= 11 is 0. The maximum Gasteiger partial charge on any atom is 0.416 e. The Kier molecular flexibility index (Phi) is 9.29. The smallest absolute Gasteiger partial charge is 0.416 e. The van der Waals surface area contributed by atoms with Crippen LogP contribution in [0.2, 0.25) is 0 Å². The molecule has 0 aliphatic carbocycles. The van der Waals surface area contributed by atoms with E-state index >= 15 is 0 Å². The molecule has 0 bridgehead atoms. The lowest BCUT2D eigenvalue weighted by atomic mass is 9.93. The zero-order chi connectivity index (χ0) is 28.2. The van der Waals surface area contributed by atoms with Crippen LogP contribution in [0.1, 0.15) is 51.8 Å². The Morgan fingerprint density at radius 3 is 2.34 bits per heavy atom. The van der Waals surface area contributed by atoms with Crippen LogP contribution in [-0.2, 0) is 15.7 Å². The summed E-state index contributed by atoms with van der Waals surface area (Å²) in [4.78, 5) is 44.1. The number of alkyl halides is 3. The summed E-state index contributed by atoms with van der Waals surface area (Å²) in [6.07, 6.45) is -4.51. The molecule has 0 spiro atoms. The first-order valence-electron chi connectivity index (χ1n) is 12.8. The minimum absolute atomic E-state index is 0.00557. The van der Waals surface area contributed by atoms with Gasteiger partial charge in [0.1, 0.15) is 0 Å². The van der Waals surface area contributed by atoms with Crippen LogP contribution < -0.4 is 10.6 Å². The van der Waals surface area contributed by atoms with Gasteiger partial charge in [-0.3, -0.25) is 9.80 Å². The topological polar surface area (TPSA) is 94.2 Å². The molecule has 0 aromatic heterocycles. The standard InChI is InChI=1S/C26H36F3N5O4/c1-6-33-20(15-32-12-13-34(17(5)14-32)24(36)30-16(3)4)21(23(35)38-7-2)22(31-25(33)37)18-8-10-19(11-9-18)26(27,28)29/h8-11,16-17,22H,6-7,12-15H2,1-5H3,(H,30,36)(H,31,37)/t17-,22-/m1/s1. The maximum absolute atomic E-state index is 13.2. The average Bonchev–Trinajstić information content (AvgIpc) is 2.83. The number of piperazine rings is 1. The van der Waals surface area contributed by atoms with E-state index in [2.05, 4.69) is 15.5 Å². The van der Waals surface area contributed by atoms with E-state index in [9.17, 15) is 27.6 Å². The van der Waals surface area contributed by atoms with Crippen molar-refractivity contribution in [3.05, 3.63) is 46.7 Å². The predicted octanol–water partition coefficient (Wildman–Crippen LogP) is 3.73. The van der Waals surface area contributed by atoms with E-state index in [0.29, 0.717) is 30.9 Å². The number of amides is 4. The van der Waals surface area contributed by atoms with Crippen molar-refractivity contribution >= 4 is 18.0 Å². The molecule has 1 fully saturated rings. The van der Waals surface area contributed by atoms with Gasteiger partial charge in [0.2, 0.25) is 0 Å². The van der Waals surface area contributed by atoms with Crippen LogP contribution in [0.3, 0.4) is 0 Å². The van der Waals surface area contributed by atoms with Crippen molar-refractivity contribution in [2.45, 2.75) is 58.9 Å². The Hall–Kier alpha value is -3.28. The van der Waals surface area contributed by atoms with Gasteiger partial charge in [0.05, 0.1) is 23.8 Å². The number of benzene rings is 1. The summed E-state index contributed by atoms with van der Waals surface area (Å²) in [5.74, 6) is -0.645. The van der Waals surface area contributed by atoms with Gasteiger partial charge >= 0.3 is 24.2 Å². The zero-order valence-electron chi connectivity index (χ0n) is 22.4. The molecule has 4 amide bonds. The molecule has 9 nitrogen and oxygen atoms in total. The molecule has 0 saturated carbocycles. The summed E-state index contributed by atoms with van der Waals surface area (Å²) in [6.45, 7) is 11.2. The molecule has 3 rings (SSSR count). The Labute approximate surface area is 221 Å². The van der Waals surface area contributed by atoms with Gasteiger partial charge in [-0.2, -0.15) is 13.2 Å². The molecule has 210 valence electrons. The molecule has 2 atom stereocenters. The van der Waals surface area contributed by atoms with E-state index in [1.807, 2.05) is 20.8 Å². The Balaban J connectivity index is 1.96. The van der Waals surface area contributed by atoms with Crippen molar-refractivity contribution in [3.8, 4) is 0 Å². The van der Waals surface area contributed by atoms with Crippen molar-refractivity contribution in [1.29, 1.82) is 0 Å². The molecule has 0 unspecified atom stereocenters. The molecular formula is C26H36F3N5O4. The summed E-state index contributed by atoms with van der Waals surface area (Å²) in [6, 6.07) is 2.70. The van der Waals surface area contributed by atoms with Crippen molar-refractivity contribution in [1.82, 2.24) is 25.3 Å². The maximum atomic E-state index is 13.2. The number of carbonyl (C=O) groups is 3. The van der Waals surface area contributed by atoms with E-state index < -0.39 is 29.8 Å². The minimum Gasteiger partial charge on any atom is -0.463 e. The number of likely N-dealkylation sites (N-methyl/N-ethyl adjacent to an activating group) is 1. The number of carbonyl (C=O) groups excluding carboxylic acids is 3. The summed E-state index contributed by atoms with van der Waals surface area (Å²) in [5.41, 5.74) is 0.132. The fraction of sp³-hybridized carbons (Fsp3) is 0.577. The van der Waals surface area contributed by atoms with Crippen LogP contribution in [0.15, 0.2) is 35.5 Å². The summed E-state index contributed by atoms with van der Waals surface area (Å²) in [5, 5.41) is 5.67. The van der Waals surface area contributed by atoms with E-state index in [1.165, 1.54) is 17.0 Å². The molecule has 1 aromatic rings. The molecule has 1 saturated heterocycles. The highest BCUT2D eigenvalue weighted by molar-refractivity contribution is 5.95. The van der Waals surface area contributed by atoms with Crippen molar-refractivity contribution < 1.29 is 32.3 Å². The second kappa shape index (κ2) is 12.1. The van der Waals surface area contributed by atoms with E-state index in [1.54, 1.807) is 18.7 Å². The van der Waals surface area contributed by atoms with Crippen molar-refractivity contribution in [3.63, 3.8) is 0 Å². The Morgan fingerprint density at radius 2 is 1.82 bits per heavy atom.